The maximum absolute atomic E-state index is 11.4. The Labute approximate surface area is 178 Å². The Morgan fingerprint density at radius 2 is 1.77 bits per heavy atom. The molecule has 0 spiro atoms. The fourth-order valence-electron chi connectivity index (χ4n) is 2.57. The van der Waals surface area contributed by atoms with E-state index in [1.165, 1.54) is 6.20 Å². The Morgan fingerprint density at radius 3 is 2.17 bits per heavy atom. The average Bonchev–Trinajstić information content (AvgIpc) is 3.16. The van der Waals surface area contributed by atoms with Crippen LogP contribution in [0.4, 0.5) is 10.5 Å². The van der Waals surface area contributed by atoms with Gasteiger partial charge in [-0.15, -0.1) is 0 Å². The summed E-state index contributed by atoms with van der Waals surface area (Å²) in [5.41, 5.74) is 1.84. The molecule has 2 N–H and O–H groups in total. The largest absolute Gasteiger partial charge is 0.464 e. The molecule has 0 radical (unpaired) electrons. The summed E-state index contributed by atoms with van der Waals surface area (Å²) in [7, 11) is 0.0993. The molecule has 0 aliphatic heterocycles. The van der Waals surface area contributed by atoms with E-state index < -0.39 is 16.1 Å². The van der Waals surface area contributed by atoms with Gasteiger partial charge >= 0.3 is 6.09 Å². The molecule has 1 unspecified atom stereocenters. The molecule has 0 amide bonds. The number of anilines is 1. The van der Waals surface area contributed by atoms with E-state index >= 15 is 0 Å². The number of aromatic nitrogens is 1. The van der Waals surface area contributed by atoms with Gasteiger partial charge in [0.2, 0.25) is 10.0 Å². The van der Waals surface area contributed by atoms with Crippen LogP contribution >= 0.6 is 0 Å². The minimum absolute atomic E-state index is 0.00336. The van der Waals surface area contributed by atoms with E-state index in [-0.39, 0.29) is 17.3 Å². The molecular weight excluding hydrogens is 408 g/mol. The van der Waals surface area contributed by atoms with Crippen LogP contribution < -0.4 is 4.72 Å². The monoisotopic (exact) mass is 440 g/mol. The van der Waals surface area contributed by atoms with Crippen molar-refractivity contribution in [2.45, 2.75) is 33.8 Å². The number of benzene rings is 1. The summed E-state index contributed by atoms with van der Waals surface area (Å²) < 4.78 is 36.6. The molecule has 9 heteroatoms. The third kappa shape index (κ3) is 7.81. The molecule has 0 saturated heterocycles. The van der Waals surface area contributed by atoms with Crippen LogP contribution in [0.1, 0.15) is 27.7 Å². The highest BCUT2D eigenvalue weighted by atomic mass is 32.2. The lowest BCUT2D eigenvalue weighted by atomic mass is 9.89. The lowest BCUT2D eigenvalue weighted by molar-refractivity contribution is -0.0347. The Bertz CT molecular complexity index is 898. The van der Waals surface area contributed by atoms with E-state index in [1.54, 1.807) is 57.5 Å². The molecule has 2 aromatic rings. The van der Waals surface area contributed by atoms with Crippen LogP contribution in [0.25, 0.3) is 11.3 Å². The van der Waals surface area contributed by atoms with Gasteiger partial charge in [-0.05, 0) is 42.2 Å². The summed E-state index contributed by atoms with van der Waals surface area (Å²) in [4.78, 5) is 11.0. The predicted molar refractivity (Wildman–Crippen MR) is 119 cm³/mol. The highest BCUT2D eigenvalue weighted by Crippen LogP contribution is 2.23. The summed E-state index contributed by atoms with van der Waals surface area (Å²) in [6.45, 7) is 8.64. The molecule has 0 bridgehead atoms. The van der Waals surface area contributed by atoms with Gasteiger partial charge in [-0.2, -0.15) is 0 Å². The number of carbonyl (C=O) groups is 1. The van der Waals surface area contributed by atoms with E-state index in [9.17, 15) is 13.2 Å². The predicted octanol–water partition coefficient (Wildman–Crippen LogP) is 4.14. The third-order valence-corrected chi connectivity index (χ3v) is 5.66. The number of hydrogen-bond acceptors (Lipinski definition) is 5. The molecule has 30 heavy (non-hydrogen) atoms. The van der Waals surface area contributed by atoms with Gasteiger partial charge in [0.15, 0.2) is 0 Å². The smallest absolute Gasteiger partial charge is 0.415 e. The molecule has 0 aliphatic carbocycles. The maximum atomic E-state index is 11.4. The molecule has 0 saturated carbocycles. The lowest BCUT2D eigenvalue weighted by Gasteiger charge is -2.28. The normalized spacial score (nSPS) is 12.6. The first-order valence-corrected chi connectivity index (χ1v) is 11.1. The van der Waals surface area contributed by atoms with Gasteiger partial charge in [0.1, 0.15) is 0 Å². The number of methoxy groups -OCH3 is 2. The van der Waals surface area contributed by atoms with Crippen molar-refractivity contribution in [1.82, 2.24) is 4.57 Å². The van der Waals surface area contributed by atoms with Gasteiger partial charge < -0.3 is 14.6 Å². The lowest BCUT2D eigenvalue weighted by Crippen LogP contribution is -2.32. The van der Waals surface area contributed by atoms with Crippen molar-refractivity contribution in [3.05, 3.63) is 42.6 Å². The van der Waals surface area contributed by atoms with E-state index in [0.29, 0.717) is 23.6 Å². The van der Waals surface area contributed by atoms with Gasteiger partial charge in [-0.25, -0.2) is 13.2 Å². The van der Waals surface area contributed by atoms with Crippen LogP contribution in [-0.4, -0.2) is 56.9 Å². The fraction of sp³-hybridized carbons (Fsp3) is 0.476. The van der Waals surface area contributed by atoms with Gasteiger partial charge in [0.25, 0.3) is 0 Å². The molecular formula is C21H32N2O6S. The number of rotatable bonds is 7. The first-order valence-electron chi connectivity index (χ1n) is 9.48. The minimum Gasteiger partial charge on any atom is -0.464 e. The van der Waals surface area contributed by atoms with Crippen molar-refractivity contribution < 1.29 is 27.8 Å². The Hall–Kier alpha value is -2.36. The van der Waals surface area contributed by atoms with Crippen LogP contribution in [0.15, 0.2) is 42.6 Å². The Balaban J connectivity index is 0.000000382. The van der Waals surface area contributed by atoms with E-state index in [0.717, 1.165) is 4.57 Å². The van der Waals surface area contributed by atoms with Crippen molar-refractivity contribution in [2.75, 3.05) is 31.3 Å². The van der Waals surface area contributed by atoms with Gasteiger partial charge in [-0.3, -0.25) is 9.29 Å². The first kappa shape index (κ1) is 25.7. The Morgan fingerprint density at radius 1 is 1.17 bits per heavy atom. The molecule has 1 heterocycles. The molecule has 1 aromatic carbocycles. The van der Waals surface area contributed by atoms with Gasteiger partial charge in [-0.1, -0.05) is 32.9 Å². The maximum Gasteiger partial charge on any atom is 0.415 e. The summed E-state index contributed by atoms with van der Waals surface area (Å²) in [6, 6.07) is 9.85. The molecule has 1 atom stereocenters. The van der Waals surface area contributed by atoms with Crippen molar-refractivity contribution >= 4 is 21.8 Å². The standard InChI is InChI=1S/C13H14N2O4S.C8H18O2/c1-2-20(18,19)14-11-7-5-10(6-8-11)12-4-3-9-15(12)13(16)17;1-8(2,3)7(10-5)6-9-4/h3-9,14H,2H2,1H3,(H,16,17);7H,6H2,1-5H3. The summed E-state index contributed by atoms with van der Waals surface area (Å²) in [5, 5.41) is 9.03. The van der Waals surface area contributed by atoms with E-state index in [2.05, 4.69) is 25.5 Å². The first-order chi connectivity index (χ1) is 13.9. The minimum atomic E-state index is -3.31. The zero-order valence-corrected chi connectivity index (χ0v) is 19.2. The van der Waals surface area contributed by atoms with Crippen LogP contribution in [0.5, 0.6) is 0 Å². The number of carboxylic acid groups (broad SMARTS) is 1. The summed E-state index contributed by atoms with van der Waals surface area (Å²) >= 11 is 0. The zero-order valence-electron chi connectivity index (χ0n) is 18.4. The third-order valence-electron chi connectivity index (χ3n) is 4.36. The van der Waals surface area contributed by atoms with Gasteiger partial charge in [0.05, 0.1) is 24.2 Å². The quantitative estimate of drug-likeness (QED) is 0.670. The molecule has 0 fully saturated rings. The van der Waals surface area contributed by atoms with Crippen LogP contribution in [0.3, 0.4) is 0 Å². The van der Waals surface area contributed by atoms with Crippen molar-refractivity contribution in [1.29, 1.82) is 0 Å². The van der Waals surface area contributed by atoms with Crippen molar-refractivity contribution in [2.24, 2.45) is 5.41 Å². The van der Waals surface area contributed by atoms with Crippen molar-refractivity contribution in [3.8, 4) is 11.3 Å². The number of hydrogen-bond donors (Lipinski definition) is 2. The number of nitrogens with one attached hydrogen (secondary N) is 1. The van der Waals surface area contributed by atoms with Crippen LogP contribution in [0, 0.1) is 5.41 Å². The summed E-state index contributed by atoms with van der Waals surface area (Å²) in [5.74, 6) is -0.00336. The molecule has 1 aromatic heterocycles. The Kier molecular flexibility index (Phi) is 9.54. The number of nitrogens with zero attached hydrogens (tertiary/aromatic N) is 1. The fourth-order valence-corrected chi connectivity index (χ4v) is 3.21. The average molecular weight is 441 g/mol. The second kappa shape index (κ2) is 11.1. The molecule has 8 nitrogen and oxygen atoms in total. The highest BCUT2D eigenvalue weighted by Gasteiger charge is 2.23. The molecule has 168 valence electrons. The number of sulfonamides is 1. The SMILES string of the molecule is CCS(=O)(=O)Nc1ccc(-c2cccn2C(=O)O)cc1.COCC(OC)C(C)(C)C. The van der Waals surface area contributed by atoms with Gasteiger partial charge in [0, 0.05) is 26.1 Å². The second-order valence-corrected chi connectivity index (χ2v) is 9.69. The summed E-state index contributed by atoms with van der Waals surface area (Å²) in [6.07, 6.45) is 0.573. The molecule has 0 aliphatic rings. The van der Waals surface area contributed by atoms with Crippen LogP contribution in [-0.2, 0) is 19.5 Å². The topological polar surface area (TPSA) is 107 Å². The molecule has 2 rings (SSSR count). The second-order valence-electron chi connectivity index (χ2n) is 7.67. The van der Waals surface area contributed by atoms with Crippen LogP contribution in [0.2, 0.25) is 0 Å². The number of ether oxygens (including phenoxy) is 2. The van der Waals surface area contributed by atoms with E-state index in [1.807, 2.05) is 0 Å². The van der Waals surface area contributed by atoms with E-state index in [4.69, 9.17) is 14.6 Å². The zero-order chi connectivity index (χ0) is 22.9. The van der Waals surface area contributed by atoms with Crippen molar-refractivity contribution in [3.63, 3.8) is 0 Å². The highest BCUT2D eigenvalue weighted by molar-refractivity contribution is 7.92.